The van der Waals surface area contributed by atoms with Crippen LogP contribution in [0.2, 0.25) is 0 Å². The summed E-state index contributed by atoms with van der Waals surface area (Å²) in [4.78, 5) is 15.3. The number of carbonyl (C=O) groups is 1. The molecule has 0 aliphatic carbocycles. The minimum Gasteiger partial charge on any atom is -0.458 e. The van der Waals surface area contributed by atoms with E-state index in [2.05, 4.69) is 4.98 Å². The van der Waals surface area contributed by atoms with Crippen LogP contribution < -0.4 is 0 Å². The van der Waals surface area contributed by atoms with Crippen molar-refractivity contribution in [2.45, 2.75) is 6.61 Å². The summed E-state index contributed by atoms with van der Waals surface area (Å²) in [6.07, 6.45) is 6.24. The molecule has 2 aromatic rings. The van der Waals surface area contributed by atoms with Gasteiger partial charge in [-0.1, -0.05) is 12.1 Å². The monoisotopic (exact) mass is 257 g/mol. The molecule has 0 saturated heterocycles. The van der Waals surface area contributed by atoms with Crippen LogP contribution in [0.1, 0.15) is 11.1 Å². The summed E-state index contributed by atoms with van der Waals surface area (Å²) in [7, 11) is 0. The minimum atomic E-state index is -0.471. The molecule has 2 rings (SSSR count). The van der Waals surface area contributed by atoms with E-state index in [-0.39, 0.29) is 12.4 Å². The predicted octanol–water partition coefficient (Wildman–Crippen LogP) is 2.98. The number of benzene rings is 1. The summed E-state index contributed by atoms with van der Waals surface area (Å²) in [5.41, 5.74) is 1.48. The molecule has 4 heteroatoms. The van der Waals surface area contributed by atoms with Crippen LogP contribution in [0, 0.1) is 5.82 Å². The van der Waals surface area contributed by atoms with E-state index in [1.165, 1.54) is 18.2 Å². The first-order valence-electron chi connectivity index (χ1n) is 5.73. The maximum absolute atomic E-state index is 12.9. The summed E-state index contributed by atoms with van der Waals surface area (Å²) < 4.78 is 17.9. The molecule has 0 aliphatic heterocycles. The van der Waals surface area contributed by atoms with E-state index in [1.807, 2.05) is 0 Å². The highest BCUT2D eigenvalue weighted by Gasteiger charge is 2.00. The molecule has 0 radical (unpaired) electrons. The lowest BCUT2D eigenvalue weighted by Gasteiger charge is -2.02. The van der Waals surface area contributed by atoms with Crippen molar-refractivity contribution in [1.82, 2.24) is 4.98 Å². The van der Waals surface area contributed by atoms with Gasteiger partial charge in [-0.05, 0) is 41.5 Å². The number of ether oxygens (including phenoxy) is 1. The molecule has 1 aromatic carbocycles. The van der Waals surface area contributed by atoms with Gasteiger partial charge in [0.25, 0.3) is 0 Å². The third-order valence-electron chi connectivity index (χ3n) is 2.39. The molecule has 3 nitrogen and oxygen atoms in total. The number of rotatable bonds is 4. The highest BCUT2D eigenvalue weighted by molar-refractivity contribution is 5.86. The molecular formula is C15H12FNO2. The van der Waals surface area contributed by atoms with Crippen LogP contribution in [-0.2, 0) is 16.1 Å². The van der Waals surface area contributed by atoms with E-state index in [1.54, 1.807) is 42.7 Å². The smallest absolute Gasteiger partial charge is 0.331 e. The fourth-order valence-corrected chi connectivity index (χ4v) is 1.47. The summed E-state index contributed by atoms with van der Waals surface area (Å²) in [5, 5.41) is 0. The van der Waals surface area contributed by atoms with Gasteiger partial charge in [-0.3, -0.25) is 4.98 Å². The molecule has 0 saturated carbocycles. The lowest BCUT2D eigenvalue weighted by molar-refractivity contribution is -0.138. The zero-order chi connectivity index (χ0) is 13.5. The van der Waals surface area contributed by atoms with Crippen molar-refractivity contribution in [2.75, 3.05) is 0 Å². The van der Waals surface area contributed by atoms with Crippen LogP contribution in [0.5, 0.6) is 0 Å². The molecule has 19 heavy (non-hydrogen) atoms. The largest absolute Gasteiger partial charge is 0.458 e. The van der Waals surface area contributed by atoms with E-state index < -0.39 is 5.97 Å². The number of hydrogen-bond donors (Lipinski definition) is 0. The average Bonchev–Trinajstić information content (AvgIpc) is 2.44. The molecule has 0 aliphatic rings. The molecule has 96 valence electrons. The van der Waals surface area contributed by atoms with Gasteiger partial charge in [-0.2, -0.15) is 0 Å². The van der Waals surface area contributed by atoms with Crippen LogP contribution in [0.25, 0.3) is 6.08 Å². The van der Waals surface area contributed by atoms with Gasteiger partial charge in [0, 0.05) is 18.5 Å². The van der Waals surface area contributed by atoms with Gasteiger partial charge in [-0.15, -0.1) is 0 Å². The molecule has 0 spiro atoms. The fourth-order valence-electron chi connectivity index (χ4n) is 1.47. The van der Waals surface area contributed by atoms with Crippen molar-refractivity contribution < 1.29 is 13.9 Å². The second-order valence-electron chi connectivity index (χ2n) is 3.85. The number of esters is 1. The van der Waals surface area contributed by atoms with Crippen molar-refractivity contribution >= 4 is 12.0 Å². The number of aromatic nitrogens is 1. The van der Waals surface area contributed by atoms with Gasteiger partial charge in [0.2, 0.25) is 0 Å². The van der Waals surface area contributed by atoms with Crippen molar-refractivity contribution in [2.24, 2.45) is 0 Å². The Morgan fingerprint density at radius 2 is 2.05 bits per heavy atom. The molecule has 0 bridgehead atoms. The van der Waals surface area contributed by atoms with Crippen LogP contribution in [0.15, 0.2) is 54.9 Å². The average molecular weight is 257 g/mol. The first-order valence-corrected chi connectivity index (χ1v) is 5.73. The summed E-state index contributed by atoms with van der Waals surface area (Å²) in [5.74, 6) is -0.818. The van der Waals surface area contributed by atoms with Crippen LogP contribution >= 0.6 is 0 Å². The highest BCUT2D eigenvalue weighted by atomic mass is 19.1. The maximum atomic E-state index is 12.9. The van der Waals surface area contributed by atoms with E-state index in [4.69, 9.17) is 4.74 Å². The fraction of sp³-hybridized carbons (Fsp3) is 0.0667. The Kier molecular flexibility index (Phi) is 4.39. The van der Waals surface area contributed by atoms with Crippen molar-refractivity contribution in [3.63, 3.8) is 0 Å². The van der Waals surface area contributed by atoms with Crippen molar-refractivity contribution in [3.8, 4) is 0 Å². The first-order chi connectivity index (χ1) is 9.24. The molecule has 1 aromatic heterocycles. The van der Waals surface area contributed by atoms with Gasteiger partial charge in [0.05, 0.1) is 0 Å². The summed E-state index contributed by atoms with van der Waals surface area (Å²) >= 11 is 0. The number of pyridine rings is 1. The Bertz CT molecular complexity index is 582. The first kappa shape index (κ1) is 13.0. The summed E-state index contributed by atoms with van der Waals surface area (Å²) in [6.45, 7) is 0.0529. The van der Waals surface area contributed by atoms with E-state index in [0.717, 1.165) is 5.56 Å². The molecular weight excluding hydrogens is 245 g/mol. The van der Waals surface area contributed by atoms with Gasteiger partial charge < -0.3 is 4.74 Å². The molecule has 1 heterocycles. The van der Waals surface area contributed by atoms with E-state index in [0.29, 0.717) is 5.56 Å². The zero-order valence-corrected chi connectivity index (χ0v) is 10.1. The van der Waals surface area contributed by atoms with Gasteiger partial charge in [0.15, 0.2) is 0 Å². The number of carbonyl (C=O) groups excluding carboxylic acids is 1. The number of hydrogen-bond acceptors (Lipinski definition) is 3. The Labute approximate surface area is 110 Å². The van der Waals surface area contributed by atoms with Gasteiger partial charge in [-0.25, -0.2) is 9.18 Å². The third kappa shape index (κ3) is 4.35. The predicted molar refractivity (Wildman–Crippen MR) is 69.5 cm³/mol. The Hall–Kier alpha value is -2.49. The van der Waals surface area contributed by atoms with Gasteiger partial charge >= 0.3 is 5.97 Å². The minimum absolute atomic E-state index is 0.0529. The number of nitrogens with zero attached hydrogens (tertiary/aromatic N) is 1. The SMILES string of the molecule is O=C(C=Cc1ccncc1)OCc1cccc(F)c1. The molecule has 0 fully saturated rings. The van der Waals surface area contributed by atoms with Gasteiger partial charge in [0.1, 0.15) is 12.4 Å². The normalized spacial score (nSPS) is 10.6. The topological polar surface area (TPSA) is 39.2 Å². The van der Waals surface area contributed by atoms with Crippen LogP contribution in [-0.4, -0.2) is 11.0 Å². The highest BCUT2D eigenvalue weighted by Crippen LogP contribution is 2.06. The zero-order valence-electron chi connectivity index (χ0n) is 10.1. The van der Waals surface area contributed by atoms with Crippen molar-refractivity contribution in [1.29, 1.82) is 0 Å². The lowest BCUT2D eigenvalue weighted by atomic mass is 10.2. The molecule has 0 unspecified atom stereocenters. The Balaban J connectivity index is 1.87. The second-order valence-corrected chi connectivity index (χ2v) is 3.85. The Morgan fingerprint density at radius 3 is 2.79 bits per heavy atom. The van der Waals surface area contributed by atoms with Crippen LogP contribution in [0.4, 0.5) is 4.39 Å². The maximum Gasteiger partial charge on any atom is 0.331 e. The molecule has 0 N–H and O–H groups in total. The standard InChI is InChI=1S/C15H12FNO2/c16-14-3-1-2-13(10-14)11-19-15(18)5-4-12-6-8-17-9-7-12/h1-10H,11H2. The molecule has 0 amide bonds. The second kappa shape index (κ2) is 6.44. The van der Waals surface area contributed by atoms with Crippen LogP contribution in [0.3, 0.4) is 0 Å². The quantitative estimate of drug-likeness (QED) is 0.624. The lowest BCUT2D eigenvalue weighted by Crippen LogP contribution is -2.00. The molecule has 0 atom stereocenters. The van der Waals surface area contributed by atoms with E-state index in [9.17, 15) is 9.18 Å². The summed E-state index contributed by atoms with van der Waals surface area (Å²) in [6, 6.07) is 9.50. The third-order valence-corrected chi connectivity index (χ3v) is 2.39. The van der Waals surface area contributed by atoms with E-state index >= 15 is 0 Å². The number of halogens is 1. The Morgan fingerprint density at radius 1 is 1.26 bits per heavy atom. The van der Waals surface area contributed by atoms with Crippen molar-refractivity contribution in [3.05, 3.63) is 71.8 Å².